The van der Waals surface area contributed by atoms with Gasteiger partial charge < -0.3 is 8.94 Å². The zero-order valence-corrected chi connectivity index (χ0v) is 12.0. The minimum absolute atomic E-state index is 0.0559. The summed E-state index contributed by atoms with van der Waals surface area (Å²) >= 11 is 0. The van der Waals surface area contributed by atoms with Crippen LogP contribution in [0.5, 0.6) is 5.75 Å². The number of furan rings is 1. The fourth-order valence-corrected chi connectivity index (χ4v) is 2.08. The molecular formula is C14H13O6P. The number of hydrogen-bond donors (Lipinski definition) is 2. The largest absolute Gasteiger partial charge is 0.524 e. The highest BCUT2D eigenvalue weighted by atomic mass is 31.2. The van der Waals surface area contributed by atoms with Gasteiger partial charge in [0.15, 0.2) is 5.78 Å². The molecule has 1 aromatic carbocycles. The molecule has 6 nitrogen and oxygen atoms in total. The van der Waals surface area contributed by atoms with Crippen LogP contribution in [0.4, 0.5) is 0 Å². The van der Waals surface area contributed by atoms with E-state index in [4.69, 9.17) is 14.2 Å². The normalized spacial score (nSPS) is 11.8. The highest BCUT2D eigenvalue weighted by Crippen LogP contribution is 2.39. The average molecular weight is 308 g/mol. The van der Waals surface area contributed by atoms with Crippen LogP contribution in [-0.4, -0.2) is 15.6 Å². The van der Waals surface area contributed by atoms with Crippen molar-refractivity contribution in [2.24, 2.45) is 0 Å². The number of rotatable bonds is 5. The van der Waals surface area contributed by atoms with Crippen LogP contribution >= 0.6 is 7.82 Å². The number of carbonyl (C=O) groups is 1. The number of allylic oxidation sites excluding steroid dienone is 1. The Balaban J connectivity index is 2.23. The number of phosphoric acid groups is 1. The first-order valence-corrected chi connectivity index (χ1v) is 7.51. The first-order valence-electron chi connectivity index (χ1n) is 5.98. The number of para-hydroxylation sites is 1. The maximum absolute atomic E-state index is 12.1. The van der Waals surface area contributed by atoms with Crippen molar-refractivity contribution in [1.29, 1.82) is 0 Å². The first kappa shape index (κ1) is 15.3. The van der Waals surface area contributed by atoms with Crippen LogP contribution < -0.4 is 4.52 Å². The predicted molar refractivity (Wildman–Crippen MR) is 75.9 cm³/mol. The Morgan fingerprint density at radius 3 is 2.57 bits per heavy atom. The molecule has 0 saturated carbocycles. The number of benzene rings is 1. The molecule has 21 heavy (non-hydrogen) atoms. The summed E-state index contributed by atoms with van der Waals surface area (Å²) in [5.74, 6) is 0.603. The maximum Gasteiger partial charge on any atom is 0.524 e. The van der Waals surface area contributed by atoms with Gasteiger partial charge in [-0.15, -0.1) is 0 Å². The molecule has 7 heteroatoms. The summed E-state index contributed by atoms with van der Waals surface area (Å²) in [6, 6.07) is 9.29. The van der Waals surface area contributed by atoms with Crippen LogP contribution in [0.2, 0.25) is 0 Å². The Kier molecular flexibility index (Phi) is 4.43. The van der Waals surface area contributed by atoms with Crippen LogP contribution in [0.1, 0.15) is 21.9 Å². The molecule has 0 aliphatic carbocycles. The average Bonchev–Trinajstić information content (AvgIpc) is 2.80. The van der Waals surface area contributed by atoms with E-state index in [0.29, 0.717) is 11.5 Å². The Labute approximate surface area is 120 Å². The monoisotopic (exact) mass is 308 g/mol. The van der Waals surface area contributed by atoms with Gasteiger partial charge in [-0.1, -0.05) is 12.1 Å². The smallest absolute Gasteiger partial charge is 0.462 e. The van der Waals surface area contributed by atoms with Crippen LogP contribution in [0, 0.1) is 6.92 Å². The SMILES string of the molecule is Cc1ccc(C=CC(=O)c2ccccc2OP(=O)(O)O)o1. The van der Waals surface area contributed by atoms with E-state index < -0.39 is 13.6 Å². The second-order valence-electron chi connectivity index (χ2n) is 4.22. The predicted octanol–water partition coefficient (Wildman–Crippen LogP) is 2.96. The van der Waals surface area contributed by atoms with E-state index in [1.165, 1.54) is 30.4 Å². The van der Waals surface area contributed by atoms with E-state index in [-0.39, 0.29) is 11.3 Å². The zero-order valence-electron chi connectivity index (χ0n) is 11.1. The van der Waals surface area contributed by atoms with E-state index in [2.05, 4.69) is 4.52 Å². The molecule has 2 aromatic rings. The third-order valence-corrected chi connectivity index (χ3v) is 2.96. The summed E-state index contributed by atoms with van der Waals surface area (Å²) in [6.45, 7) is 1.78. The number of carbonyl (C=O) groups excluding carboxylic acids is 1. The lowest BCUT2D eigenvalue weighted by molar-refractivity contribution is 0.104. The Hall–Kier alpha value is -2.14. The minimum atomic E-state index is -4.72. The van der Waals surface area contributed by atoms with E-state index in [9.17, 15) is 9.36 Å². The maximum atomic E-state index is 12.1. The number of aryl methyl sites for hydroxylation is 1. The Bertz CT molecular complexity index is 725. The lowest BCUT2D eigenvalue weighted by Crippen LogP contribution is -2.00. The van der Waals surface area contributed by atoms with Crippen molar-refractivity contribution in [2.75, 3.05) is 0 Å². The molecule has 2 N–H and O–H groups in total. The third kappa shape index (κ3) is 4.43. The minimum Gasteiger partial charge on any atom is -0.462 e. The van der Waals surface area contributed by atoms with E-state index in [0.717, 1.165) is 0 Å². The number of ketones is 1. The van der Waals surface area contributed by atoms with Gasteiger partial charge in [0.2, 0.25) is 0 Å². The molecule has 1 aromatic heterocycles. The van der Waals surface area contributed by atoms with Crippen molar-refractivity contribution < 1.29 is 28.1 Å². The van der Waals surface area contributed by atoms with Gasteiger partial charge in [0.05, 0.1) is 5.56 Å². The molecule has 0 aliphatic rings. The quantitative estimate of drug-likeness (QED) is 0.501. The van der Waals surface area contributed by atoms with E-state index in [1.54, 1.807) is 25.1 Å². The van der Waals surface area contributed by atoms with E-state index in [1.807, 2.05) is 0 Å². The zero-order chi connectivity index (χ0) is 15.5. The summed E-state index contributed by atoms with van der Waals surface area (Å²) in [4.78, 5) is 29.7. The Morgan fingerprint density at radius 1 is 1.24 bits per heavy atom. The summed E-state index contributed by atoms with van der Waals surface area (Å²) in [7, 11) is -4.72. The van der Waals surface area contributed by atoms with Crippen LogP contribution in [-0.2, 0) is 4.57 Å². The molecule has 0 spiro atoms. The van der Waals surface area contributed by atoms with Gasteiger partial charge >= 0.3 is 7.82 Å². The van der Waals surface area contributed by atoms with Crippen LogP contribution in [0.15, 0.2) is 46.9 Å². The molecular weight excluding hydrogens is 295 g/mol. The van der Waals surface area contributed by atoms with E-state index >= 15 is 0 Å². The van der Waals surface area contributed by atoms with Crippen LogP contribution in [0.25, 0.3) is 6.08 Å². The second kappa shape index (κ2) is 6.10. The first-order chi connectivity index (χ1) is 9.85. The van der Waals surface area contributed by atoms with Crippen molar-refractivity contribution in [3.63, 3.8) is 0 Å². The molecule has 0 unspecified atom stereocenters. The van der Waals surface area contributed by atoms with Crippen molar-refractivity contribution in [3.8, 4) is 5.75 Å². The van der Waals surface area contributed by atoms with Gasteiger partial charge in [0.1, 0.15) is 17.3 Å². The summed E-state index contributed by atoms with van der Waals surface area (Å²) < 4.78 is 20.7. The Morgan fingerprint density at radius 2 is 1.95 bits per heavy atom. The van der Waals surface area contributed by atoms with Gasteiger partial charge in [0, 0.05) is 0 Å². The second-order valence-corrected chi connectivity index (χ2v) is 5.39. The van der Waals surface area contributed by atoms with Crippen molar-refractivity contribution >= 4 is 19.7 Å². The topological polar surface area (TPSA) is 97.0 Å². The van der Waals surface area contributed by atoms with Crippen LogP contribution in [0.3, 0.4) is 0 Å². The molecule has 0 fully saturated rings. The lowest BCUT2D eigenvalue weighted by atomic mass is 10.1. The van der Waals surface area contributed by atoms with Gasteiger partial charge in [-0.05, 0) is 43.3 Å². The van der Waals surface area contributed by atoms with Crippen molar-refractivity contribution in [3.05, 3.63) is 59.6 Å². The highest BCUT2D eigenvalue weighted by Gasteiger charge is 2.20. The number of hydrogen-bond acceptors (Lipinski definition) is 4. The van der Waals surface area contributed by atoms with Gasteiger partial charge in [-0.2, -0.15) is 0 Å². The lowest BCUT2D eigenvalue weighted by Gasteiger charge is -2.09. The molecule has 0 radical (unpaired) electrons. The molecule has 0 amide bonds. The summed E-state index contributed by atoms with van der Waals surface area (Å²) in [5, 5.41) is 0. The summed E-state index contributed by atoms with van der Waals surface area (Å²) in [6.07, 6.45) is 2.73. The molecule has 110 valence electrons. The molecule has 0 aliphatic heterocycles. The van der Waals surface area contributed by atoms with Gasteiger partial charge in [0.25, 0.3) is 0 Å². The van der Waals surface area contributed by atoms with Crippen molar-refractivity contribution in [1.82, 2.24) is 0 Å². The molecule has 0 atom stereocenters. The van der Waals surface area contributed by atoms with Crippen molar-refractivity contribution in [2.45, 2.75) is 6.92 Å². The number of phosphoric ester groups is 1. The molecule has 1 heterocycles. The fraction of sp³-hybridized carbons (Fsp3) is 0.0714. The highest BCUT2D eigenvalue weighted by molar-refractivity contribution is 7.46. The summed E-state index contributed by atoms with van der Waals surface area (Å²) in [5.41, 5.74) is 0.0559. The standard InChI is InChI=1S/C14H13O6P/c1-10-6-7-11(19-10)8-9-13(15)12-4-2-3-5-14(12)20-21(16,17)18/h2-9H,1H3,(H2,16,17,18). The third-order valence-electron chi connectivity index (χ3n) is 2.53. The fourth-order valence-electron chi connectivity index (χ4n) is 1.67. The van der Waals surface area contributed by atoms with Gasteiger partial charge in [-0.25, -0.2) is 4.57 Å². The molecule has 0 saturated heterocycles. The molecule has 2 rings (SSSR count). The van der Waals surface area contributed by atoms with Gasteiger partial charge in [-0.3, -0.25) is 14.6 Å². The molecule has 0 bridgehead atoms.